The van der Waals surface area contributed by atoms with Gasteiger partial charge in [-0.1, -0.05) is 18.2 Å². The summed E-state index contributed by atoms with van der Waals surface area (Å²) in [5.41, 5.74) is -0.443. The molecule has 3 aliphatic heterocycles. The van der Waals surface area contributed by atoms with Crippen LogP contribution in [-0.2, 0) is 4.08 Å². The minimum absolute atomic E-state index is 0.0245. The average molecular weight is 498 g/mol. The molecule has 2 atom stereocenters. The Hall–Kier alpha value is -1.03. The lowest BCUT2D eigenvalue weighted by atomic mass is 9.80. The molecule has 3 aliphatic rings. The van der Waals surface area contributed by atoms with Crippen LogP contribution in [0.3, 0.4) is 0 Å². The molecule has 0 spiro atoms. The molecule has 0 amide bonds. The number of anilines is 1. The maximum Gasteiger partial charge on any atom is 0.258 e. The second-order valence-corrected chi connectivity index (χ2v) is 11.3. The van der Waals surface area contributed by atoms with Crippen molar-refractivity contribution in [3.8, 4) is 5.88 Å². The van der Waals surface area contributed by atoms with Gasteiger partial charge < -0.3 is 14.7 Å². The third-order valence-corrected chi connectivity index (χ3v) is 9.99. The molecule has 5 rings (SSSR count). The van der Waals surface area contributed by atoms with Crippen LogP contribution in [0.15, 0.2) is 35.1 Å². The van der Waals surface area contributed by atoms with Crippen LogP contribution in [0.5, 0.6) is 5.88 Å². The van der Waals surface area contributed by atoms with Crippen molar-refractivity contribution in [1.82, 2.24) is 9.97 Å². The summed E-state index contributed by atoms with van der Waals surface area (Å²) in [7, 11) is 0. The molecule has 1 aromatic carbocycles. The number of piperidine rings is 1. The lowest BCUT2D eigenvalue weighted by Crippen LogP contribution is -2.61. The zero-order valence-electron chi connectivity index (χ0n) is 15.7. The highest BCUT2D eigenvalue weighted by molar-refractivity contribution is 9.10. The fraction of sp³-hybridized carbons (Fsp3) is 0.500. The standard InChI is InChI=1S/C20H21BrFN3O2S2/c21-16-11-23-17-18(24-16)27-12-13-10-19(26,6-7-25(13)17)20(28-8-3-9-29-20)14-4-1-2-5-15(14)22/h1-2,4-5,11,13,26H,3,6-10,12H2/t13-,19?/m1/s1. The molecular formula is C20H21BrFN3O2S2. The van der Waals surface area contributed by atoms with Crippen LogP contribution >= 0.6 is 39.5 Å². The van der Waals surface area contributed by atoms with Crippen LogP contribution in [0.2, 0.25) is 0 Å². The largest absolute Gasteiger partial charge is 0.473 e. The van der Waals surface area contributed by atoms with Gasteiger partial charge in [0.25, 0.3) is 5.88 Å². The van der Waals surface area contributed by atoms with E-state index in [1.54, 1.807) is 35.8 Å². The van der Waals surface area contributed by atoms with Crippen molar-refractivity contribution in [3.63, 3.8) is 0 Å². The highest BCUT2D eigenvalue weighted by Crippen LogP contribution is 2.61. The summed E-state index contributed by atoms with van der Waals surface area (Å²) in [4.78, 5) is 11.0. The Kier molecular flexibility index (Phi) is 5.21. The molecule has 0 saturated carbocycles. The fourth-order valence-electron chi connectivity index (χ4n) is 4.57. The molecule has 5 nitrogen and oxygen atoms in total. The number of benzene rings is 1. The van der Waals surface area contributed by atoms with Crippen LogP contribution in [0, 0.1) is 5.82 Å². The van der Waals surface area contributed by atoms with Crippen LogP contribution in [-0.4, -0.2) is 51.4 Å². The van der Waals surface area contributed by atoms with Crippen molar-refractivity contribution in [3.05, 3.63) is 46.4 Å². The molecule has 0 radical (unpaired) electrons. The zero-order chi connectivity index (χ0) is 20.1. The third-order valence-electron chi connectivity index (χ3n) is 5.90. The van der Waals surface area contributed by atoms with Gasteiger partial charge in [-0.3, -0.25) is 0 Å². The first-order valence-electron chi connectivity index (χ1n) is 9.70. The summed E-state index contributed by atoms with van der Waals surface area (Å²) in [6.45, 7) is 1.06. The summed E-state index contributed by atoms with van der Waals surface area (Å²) in [6.07, 6.45) is 3.77. The first kappa shape index (κ1) is 19.9. The van der Waals surface area contributed by atoms with E-state index in [1.165, 1.54) is 6.07 Å². The second-order valence-electron chi connectivity index (χ2n) is 7.61. The number of hydrogen-bond acceptors (Lipinski definition) is 7. The van der Waals surface area contributed by atoms with Gasteiger partial charge in [0.05, 0.1) is 17.8 Å². The topological polar surface area (TPSA) is 58.5 Å². The van der Waals surface area contributed by atoms with E-state index >= 15 is 0 Å². The van der Waals surface area contributed by atoms with Crippen molar-refractivity contribution in [2.24, 2.45) is 0 Å². The van der Waals surface area contributed by atoms with Gasteiger partial charge >= 0.3 is 0 Å². The number of fused-ring (bicyclic) bond motifs is 3. The summed E-state index contributed by atoms with van der Waals surface area (Å²) >= 11 is 6.71. The molecule has 1 N–H and O–H groups in total. The van der Waals surface area contributed by atoms with E-state index in [2.05, 4.69) is 30.8 Å². The molecule has 4 heterocycles. The molecular weight excluding hydrogens is 477 g/mol. The molecule has 2 aromatic rings. The first-order chi connectivity index (χ1) is 14.0. The highest BCUT2D eigenvalue weighted by Gasteiger charge is 2.58. The Labute approximate surface area is 186 Å². The van der Waals surface area contributed by atoms with E-state index in [0.717, 1.165) is 23.7 Å². The minimum atomic E-state index is -1.05. The van der Waals surface area contributed by atoms with E-state index in [-0.39, 0.29) is 11.9 Å². The predicted molar refractivity (Wildman–Crippen MR) is 118 cm³/mol. The molecule has 29 heavy (non-hydrogen) atoms. The van der Waals surface area contributed by atoms with E-state index in [9.17, 15) is 9.50 Å². The van der Waals surface area contributed by atoms with Crippen LogP contribution in [0.1, 0.15) is 24.8 Å². The number of rotatable bonds is 2. The van der Waals surface area contributed by atoms with Gasteiger partial charge in [-0.2, -0.15) is 0 Å². The van der Waals surface area contributed by atoms with Gasteiger partial charge in [-0.05, 0) is 46.3 Å². The van der Waals surface area contributed by atoms with E-state index in [1.807, 2.05) is 12.1 Å². The smallest absolute Gasteiger partial charge is 0.258 e. The molecule has 9 heteroatoms. The van der Waals surface area contributed by atoms with E-state index in [0.29, 0.717) is 42.0 Å². The van der Waals surface area contributed by atoms with Crippen molar-refractivity contribution in [2.45, 2.75) is 35.0 Å². The summed E-state index contributed by atoms with van der Waals surface area (Å²) in [5.74, 6) is 2.82. The lowest BCUT2D eigenvalue weighted by molar-refractivity contribution is -0.0172. The molecule has 2 saturated heterocycles. The third kappa shape index (κ3) is 3.25. The normalized spacial score (nSPS) is 28.2. The Bertz CT molecular complexity index is 930. The molecule has 2 fully saturated rings. The Morgan fingerprint density at radius 2 is 2.07 bits per heavy atom. The van der Waals surface area contributed by atoms with Gasteiger partial charge in [0.15, 0.2) is 5.82 Å². The fourth-order valence-corrected chi connectivity index (χ4v) is 8.55. The van der Waals surface area contributed by atoms with Crippen LogP contribution < -0.4 is 9.64 Å². The first-order valence-corrected chi connectivity index (χ1v) is 12.5. The number of aliphatic hydroxyl groups is 1. The maximum atomic E-state index is 14.9. The second kappa shape index (κ2) is 7.59. The monoisotopic (exact) mass is 497 g/mol. The molecule has 0 bridgehead atoms. The van der Waals surface area contributed by atoms with Gasteiger partial charge in [0, 0.05) is 18.5 Å². The number of thioether (sulfide) groups is 2. The SMILES string of the molecule is OC1(C2(c3ccccc3F)SCCCS2)CCN2c3ncc(Br)nc3OC[C@H]2C1. The van der Waals surface area contributed by atoms with E-state index < -0.39 is 9.68 Å². The van der Waals surface area contributed by atoms with Gasteiger partial charge in [-0.25, -0.2) is 14.4 Å². The Morgan fingerprint density at radius 1 is 1.28 bits per heavy atom. The molecule has 154 valence electrons. The molecule has 1 aromatic heterocycles. The van der Waals surface area contributed by atoms with Crippen molar-refractivity contribution in [2.75, 3.05) is 29.6 Å². The average Bonchev–Trinajstić information content (AvgIpc) is 2.74. The quantitative estimate of drug-likeness (QED) is 0.667. The summed E-state index contributed by atoms with van der Waals surface area (Å²) < 4.78 is 20.7. The molecule has 1 unspecified atom stereocenters. The van der Waals surface area contributed by atoms with Crippen molar-refractivity contribution < 1.29 is 14.2 Å². The van der Waals surface area contributed by atoms with Gasteiger partial charge in [0.2, 0.25) is 0 Å². The van der Waals surface area contributed by atoms with Crippen molar-refractivity contribution in [1.29, 1.82) is 0 Å². The Balaban J connectivity index is 1.51. The molecule has 0 aliphatic carbocycles. The van der Waals surface area contributed by atoms with Gasteiger partial charge in [-0.15, -0.1) is 23.5 Å². The lowest BCUT2D eigenvalue weighted by Gasteiger charge is -2.55. The highest BCUT2D eigenvalue weighted by atomic mass is 79.9. The van der Waals surface area contributed by atoms with Crippen LogP contribution in [0.4, 0.5) is 10.2 Å². The van der Waals surface area contributed by atoms with Gasteiger partial charge in [0.1, 0.15) is 21.1 Å². The number of nitrogens with zero attached hydrogens (tertiary/aromatic N) is 3. The summed E-state index contributed by atoms with van der Waals surface area (Å²) in [5, 5.41) is 12.0. The number of hydrogen-bond donors (Lipinski definition) is 1. The summed E-state index contributed by atoms with van der Waals surface area (Å²) in [6, 6.07) is 6.88. The minimum Gasteiger partial charge on any atom is -0.473 e. The van der Waals surface area contributed by atoms with Crippen LogP contribution in [0.25, 0.3) is 0 Å². The number of ether oxygens (including phenoxy) is 1. The number of halogens is 2. The van der Waals surface area contributed by atoms with E-state index in [4.69, 9.17) is 4.74 Å². The Morgan fingerprint density at radius 3 is 2.86 bits per heavy atom. The van der Waals surface area contributed by atoms with Crippen molar-refractivity contribution >= 4 is 45.3 Å². The number of aromatic nitrogens is 2. The zero-order valence-corrected chi connectivity index (χ0v) is 18.9. The maximum absolute atomic E-state index is 14.9. The predicted octanol–water partition coefficient (Wildman–Crippen LogP) is 4.19.